The summed E-state index contributed by atoms with van der Waals surface area (Å²) in [6, 6.07) is 7.98. The number of fused-ring (bicyclic) bond motifs is 1. The monoisotopic (exact) mass is 272 g/mol. The molecule has 3 nitrogen and oxygen atoms in total. The normalized spacial score (nSPS) is 11.4. The molecule has 0 spiro atoms. The molecule has 2 heterocycles. The second-order valence-electron chi connectivity index (χ2n) is 4.65. The maximum absolute atomic E-state index is 6.03. The summed E-state index contributed by atoms with van der Waals surface area (Å²) in [5, 5.41) is 6.37. The van der Waals surface area contributed by atoms with Crippen LogP contribution in [0.2, 0.25) is 5.02 Å². The Morgan fingerprint density at radius 2 is 2.11 bits per heavy atom. The van der Waals surface area contributed by atoms with Gasteiger partial charge in [0, 0.05) is 29.2 Å². The van der Waals surface area contributed by atoms with Crippen LogP contribution in [-0.2, 0) is 13.5 Å². The highest BCUT2D eigenvalue weighted by Crippen LogP contribution is 2.26. The molecule has 1 aromatic carbocycles. The molecule has 3 rings (SSSR count). The molecular weight excluding hydrogens is 258 g/mol. The van der Waals surface area contributed by atoms with E-state index in [0.29, 0.717) is 0 Å². The molecule has 0 aliphatic carbocycles. The van der Waals surface area contributed by atoms with Gasteiger partial charge in [0.15, 0.2) is 0 Å². The highest BCUT2D eigenvalue weighted by molar-refractivity contribution is 6.31. The van der Waals surface area contributed by atoms with E-state index in [2.05, 4.69) is 28.9 Å². The summed E-state index contributed by atoms with van der Waals surface area (Å²) < 4.78 is 4.05. The van der Waals surface area contributed by atoms with E-state index >= 15 is 0 Å². The van der Waals surface area contributed by atoms with Gasteiger partial charge in [0.1, 0.15) is 5.82 Å². The fraction of sp³-hybridized carbons (Fsp3) is 0.200. The summed E-state index contributed by atoms with van der Waals surface area (Å²) in [5.41, 5.74) is 3.33. The van der Waals surface area contributed by atoms with E-state index in [4.69, 9.17) is 11.6 Å². The first-order valence-electron chi connectivity index (χ1n) is 6.20. The topological polar surface area (TPSA) is 22.8 Å². The maximum atomic E-state index is 6.03. The van der Waals surface area contributed by atoms with Crippen molar-refractivity contribution in [2.45, 2.75) is 13.3 Å². The first kappa shape index (κ1) is 12.3. The molecule has 1 radical (unpaired) electrons. The number of nitrogens with zero attached hydrogens (tertiary/aromatic N) is 3. The van der Waals surface area contributed by atoms with Gasteiger partial charge in [0.25, 0.3) is 0 Å². The first-order chi connectivity index (χ1) is 9.11. The molecule has 4 heteroatoms. The zero-order valence-electron chi connectivity index (χ0n) is 11.0. The van der Waals surface area contributed by atoms with Gasteiger partial charge in [0.05, 0.1) is 11.2 Å². The van der Waals surface area contributed by atoms with Crippen molar-refractivity contribution in [1.29, 1.82) is 0 Å². The van der Waals surface area contributed by atoms with E-state index < -0.39 is 0 Å². The van der Waals surface area contributed by atoms with Crippen molar-refractivity contribution in [3.05, 3.63) is 53.7 Å². The van der Waals surface area contributed by atoms with Crippen LogP contribution >= 0.6 is 11.6 Å². The third-order valence-corrected chi connectivity index (χ3v) is 3.68. The number of halogens is 1. The number of aromatic nitrogens is 3. The van der Waals surface area contributed by atoms with Gasteiger partial charge in [-0.05, 0) is 44.5 Å². The Bertz CT molecular complexity index is 752. The first-order valence-corrected chi connectivity index (χ1v) is 6.58. The Morgan fingerprint density at radius 1 is 1.32 bits per heavy atom. The van der Waals surface area contributed by atoms with Gasteiger partial charge < -0.3 is 4.57 Å². The number of benzene rings is 1. The lowest BCUT2D eigenvalue weighted by molar-refractivity contribution is 0.727. The van der Waals surface area contributed by atoms with Crippen molar-refractivity contribution in [2.24, 2.45) is 7.05 Å². The highest BCUT2D eigenvalue weighted by Gasteiger charge is 2.15. The third-order valence-electron chi connectivity index (χ3n) is 3.44. The molecule has 0 aliphatic heterocycles. The van der Waals surface area contributed by atoms with Crippen molar-refractivity contribution in [3.63, 3.8) is 0 Å². The Kier molecular flexibility index (Phi) is 2.86. The summed E-state index contributed by atoms with van der Waals surface area (Å²) in [4.78, 5) is 0. The molecule has 0 amide bonds. The van der Waals surface area contributed by atoms with E-state index in [1.807, 2.05) is 36.9 Å². The van der Waals surface area contributed by atoms with Gasteiger partial charge in [-0.15, -0.1) is 0 Å². The van der Waals surface area contributed by atoms with Crippen LogP contribution in [0.5, 0.6) is 0 Å². The predicted molar refractivity (Wildman–Crippen MR) is 78.8 cm³/mol. The summed E-state index contributed by atoms with van der Waals surface area (Å²) >= 11 is 6.03. The van der Waals surface area contributed by atoms with E-state index in [1.54, 1.807) is 0 Å². The Hall–Kier alpha value is -1.74. The molecule has 0 N–H and O–H groups in total. The largest absolute Gasteiger partial charge is 0.301 e. The van der Waals surface area contributed by atoms with Crippen LogP contribution in [-0.4, -0.2) is 14.3 Å². The zero-order valence-corrected chi connectivity index (χ0v) is 11.8. The standard InChI is InChI=1S/C15H15ClN3/c1-4-13-10(2)17-18(3)15(13)19-8-7-11-9-12(16)5-6-14(11)19/h5-9H,1,4H2,2-3H3. The van der Waals surface area contributed by atoms with Crippen LogP contribution in [0.3, 0.4) is 0 Å². The molecule has 3 aromatic rings. The molecule has 0 atom stereocenters. The molecule has 0 saturated heterocycles. The average molecular weight is 273 g/mol. The Labute approximate surface area is 117 Å². The quantitative estimate of drug-likeness (QED) is 0.697. The maximum Gasteiger partial charge on any atom is 0.138 e. The number of aryl methyl sites for hydroxylation is 2. The van der Waals surface area contributed by atoms with Crippen LogP contribution in [0.1, 0.15) is 11.3 Å². The lowest BCUT2D eigenvalue weighted by atomic mass is 10.2. The molecule has 0 aliphatic rings. The molecule has 97 valence electrons. The third kappa shape index (κ3) is 1.85. The van der Waals surface area contributed by atoms with Gasteiger partial charge in [-0.2, -0.15) is 5.10 Å². The molecule has 2 aromatic heterocycles. The smallest absolute Gasteiger partial charge is 0.138 e. The van der Waals surface area contributed by atoms with Crippen molar-refractivity contribution < 1.29 is 0 Å². The second kappa shape index (κ2) is 4.42. The summed E-state index contributed by atoms with van der Waals surface area (Å²) in [7, 11) is 1.96. The Morgan fingerprint density at radius 3 is 2.84 bits per heavy atom. The lowest BCUT2D eigenvalue weighted by Crippen LogP contribution is -2.03. The van der Waals surface area contributed by atoms with Gasteiger partial charge in [-0.3, -0.25) is 4.68 Å². The zero-order chi connectivity index (χ0) is 13.6. The summed E-state index contributed by atoms with van der Waals surface area (Å²) in [6.07, 6.45) is 2.78. The number of hydrogen-bond donors (Lipinski definition) is 0. The van der Waals surface area contributed by atoms with Crippen molar-refractivity contribution in [3.8, 4) is 5.82 Å². The van der Waals surface area contributed by atoms with Crippen LogP contribution in [0.15, 0.2) is 30.5 Å². The fourth-order valence-electron chi connectivity index (χ4n) is 2.58. The van der Waals surface area contributed by atoms with Crippen molar-refractivity contribution in [1.82, 2.24) is 14.3 Å². The minimum absolute atomic E-state index is 0.724. The molecule has 0 unspecified atom stereocenters. The number of hydrogen-bond acceptors (Lipinski definition) is 1. The van der Waals surface area contributed by atoms with E-state index in [1.165, 1.54) is 5.56 Å². The highest BCUT2D eigenvalue weighted by atomic mass is 35.5. The summed E-state index contributed by atoms with van der Waals surface area (Å²) in [6.45, 7) is 6.03. The van der Waals surface area contributed by atoms with Gasteiger partial charge in [0.2, 0.25) is 0 Å². The van der Waals surface area contributed by atoms with Gasteiger partial charge in [-0.25, -0.2) is 0 Å². The summed E-state index contributed by atoms with van der Waals surface area (Å²) in [5.74, 6) is 1.07. The van der Waals surface area contributed by atoms with Crippen molar-refractivity contribution >= 4 is 22.5 Å². The van der Waals surface area contributed by atoms with E-state index in [-0.39, 0.29) is 0 Å². The predicted octanol–water partition coefficient (Wildman–Crippen LogP) is 3.70. The number of rotatable bonds is 2. The minimum atomic E-state index is 0.724. The van der Waals surface area contributed by atoms with E-state index in [9.17, 15) is 0 Å². The van der Waals surface area contributed by atoms with Crippen LogP contribution in [0.4, 0.5) is 0 Å². The lowest BCUT2D eigenvalue weighted by Gasteiger charge is -2.08. The van der Waals surface area contributed by atoms with Crippen LogP contribution < -0.4 is 0 Å². The van der Waals surface area contributed by atoms with E-state index in [0.717, 1.165) is 33.9 Å². The second-order valence-corrected chi connectivity index (χ2v) is 5.09. The average Bonchev–Trinajstić information content (AvgIpc) is 2.89. The van der Waals surface area contributed by atoms with Crippen molar-refractivity contribution in [2.75, 3.05) is 0 Å². The van der Waals surface area contributed by atoms with Gasteiger partial charge >= 0.3 is 0 Å². The van der Waals surface area contributed by atoms with Crippen LogP contribution in [0, 0.1) is 13.8 Å². The molecule has 0 fully saturated rings. The minimum Gasteiger partial charge on any atom is -0.301 e. The molecule has 0 bridgehead atoms. The SMILES string of the molecule is [CH2]Cc1c(C)nn(C)c1-n1ccc2cc(Cl)ccc21. The Balaban J connectivity index is 2.30. The van der Waals surface area contributed by atoms with Gasteiger partial charge in [-0.1, -0.05) is 11.6 Å². The molecule has 19 heavy (non-hydrogen) atoms. The fourth-order valence-corrected chi connectivity index (χ4v) is 2.76. The molecular formula is C15H15ClN3. The van der Waals surface area contributed by atoms with Crippen LogP contribution in [0.25, 0.3) is 16.7 Å². The molecule has 0 saturated carbocycles.